The number of carbonyl (C=O) groups excluding carboxylic acids is 1. The molecule has 0 saturated heterocycles. The fourth-order valence-corrected chi connectivity index (χ4v) is 0.548. The van der Waals surface area contributed by atoms with Crippen LogP contribution in [0.25, 0.3) is 0 Å². The van der Waals surface area contributed by atoms with Crippen molar-refractivity contribution in [1.82, 2.24) is 0 Å². The predicted molar refractivity (Wildman–Crippen MR) is 42.3 cm³/mol. The van der Waals surface area contributed by atoms with Crippen molar-refractivity contribution in [1.29, 1.82) is 0 Å². The molecule has 1 rings (SSSR count). The molecule has 1 amide bonds. The summed E-state index contributed by atoms with van der Waals surface area (Å²) in [6.45, 7) is 0. The number of nitrogens with two attached hydrogens (primary N) is 1. The second-order valence-electron chi connectivity index (χ2n) is 1.67. The van der Waals surface area contributed by atoms with Crippen molar-refractivity contribution in [3.05, 3.63) is 24.5 Å². The molecule has 0 saturated carbocycles. The highest BCUT2D eigenvalue weighted by molar-refractivity contribution is 5.81. The molecule has 1 aliphatic rings. The fourth-order valence-electron chi connectivity index (χ4n) is 0.548. The summed E-state index contributed by atoms with van der Waals surface area (Å²) in [5, 5.41) is 0. The molecule has 0 aromatic heterocycles. The van der Waals surface area contributed by atoms with E-state index in [9.17, 15) is 4.79 Å². The van der Waals surface area contributed by atoms with E-state index >= 15 is 0 Å². The van der Waals surface area contributed by atoms with Gasteiger partial charge < -0.3 is 10.5 Å². The zero-order chi connectivity index (χ0) is 6.69. The zero-order valence-corrected chi connectivity index (χ0v) is 4.78. The molecule has 0 fully saturated rings. The third kappa shape index (κ3) is 2.26. The Morgan fingerprint density at radius 3 is 2.50 bits per heavy atom. The van der Waals surface area contributed by atoms with Crippen LogP contribution in [0.15, 0.2) is 24.5 Å². The number of hydrogen-bond acceptors (Lipinski definition) is 2. The first-order chi connectivity index (χ1) is 4.30. The molecule has 3 nitrogen and oxygen atoms in total. The highest BCUT2D eigenvalue weighted by Crippen LogP contribution is 1.99. The SMILES string of the molecule is NC(=O)C1C=CC=CO1.[AlH3]. The van der Waals surface area contributed by atoms with Gasteiger partial charge in [-0.2, -0.15) is 0 Å². The summed E-state index contributed by atoms with van der Waals surface area (Å²) in [6.07, 6.45) is 5.88. The number of amides is 1. The van der Waals surface area contributed by atoms with E-state index in [0.29, 0.717) is 0 Å². The number of carbonyl (C=O) groups is 1. The van der Waals surface area contributed by atoms with Crippen LogP contribution >= 0.6 is 0 Å². The van der Waals surface area contributed by atoms with Crippen molar-refractivity contribution in [2.24, 2.45) is 5.73 Å². The highest BCUT2D eigenvalue weighted by atomic mass is 27.0. The van der Waals surface area contributed by atoms with E-state index in [1.165, 1.54) is 6.26 Å². The summed E-state index contributed by atoms with van der Waals surface area (Å²) in [7, 11) is 0. The summed E-state index contributed by atoms with van der Waals surface area (Å²) in [4.78, 5) is 10.4. The normalized spacial score (nSPS) is 21.0. The van der Waals surface area contributed by atoms with Crippen molar-refractivity contribution < 1.29 is 9.53 Å². The summed E-state index contributed by atoms with van der Waals surface area (Å²) in [5.74, 6) is -0.462. The van der Waals surface area contributed by atoms with Gasteiger partial charge in [0.15, 0.2) is 23.5 Å². The van der Waals surface area contributed by atoms with Gasteiger partial charge in [0.05, 0.1) is 6.26 Å². The van der Waals surface area contributed by atoms with Gasteiger partial charge in [0, 0.05) is 0 Å². The fraction of sp³-hybridized carbons (Fsp3) is 0.167. The Morgan fingerprint density at radius 1 is 1.50 bits per heavy atom. The topological polar surface area (TPSA) is 52.3 Å². The largest absolute Gasteiger partial charge is 0.484 e. The van der Waals surface area contributed by atoms with Crippen molar-refractivity contribution in [3.63, 3.8) is 0 Å². The van der Waals surface area contributed by atoms with Crippen LogP contribution in [-0.2, 0) is 9.53 Å². The first-order valence-electron chi connectivity index (χ1n) is 2.59. The average molecular weight is 155 g/mol. The van der Waals surface area contributed by atoms with Gasteiger partial charge in [0.25, 0.3) is 5.91 Å². The summed E-state index contributed by atoms with van der Waals surface area (Å²) in [5.41, 5.74) is 4.92. The van der Waals surface area contributed by atoms with Crippen molar-refractivity contribution in [2.45, 2.75) is 6.10 Å². The quantitative estimate of drug-likeness (QED) is 0.481. The standard InChI is InChI=1S/C6H7NO2.Al.3H/c7-6(8)5-3-1-2-4-9-5;;;;/h1-5H,(H2,7,8);;;;. The number of ether oxygens (including phenoxy) is 1. The van der Waals surface area contributed by atoms with Crippen LogP contribution < -0.4 is 5.73 Å². The summed E-state index contributed by atoms with van der Waals surface area (Å²) >= 11 is 0. The highest BCUT2D eigenvalue weighted by Gasteiger charge is 2.11. The number of rotatable bonds is 1. The Balaban J connectivity index is 0.000000810. The molecular weight excluding hydrogens is 145 g/mol. The van der Waals surface area contributed by atoms with Gasteiger partial charge in [0.1, 0.15) is 0 Å². The minimum Gasteiger partial charge on any atom is -0.484 e. The maximum absolute atomic E-state index is 10.4. The molecule has 0 bridgehead atoms. The minimum absolute atomic E-state index is 0. The van der Waals surface area contributed by atoms with E-state index in [4.69, 9.17) is 10.5 Å². The van der Waals surface area contributed by atoms with Gasteiger partial charge in [-0.05, 0) is 12.2 Å². The van der Waals surface area contributed by atoms with Gasteiger partial charge >= 0.3 is 0 Å². The molecule has 1 heterocycles. The molecule has 1 atom stereocenters. The Labute approximate surface area is 69.7 Å². The second kappa shape index (κ2) is 4.15. The number of hydrogen-bond donors (Lipinski definition) is 1. The smallest absolute Gasteiger partial charge is 0.262 e. The molecule has 10 heavy (non-hydrogen) atoms. The number of allylic oxidation sites excluding steroid dienone is 2. The van der Waals surface area contributed by atoms with Crippen molar-refractivity contribution in [3.8, 4) is 0 Å². The predicted octanol–water partition coefficient (Wildman–Crippen LogP) is -1.24. The molecule has 0 spiro atoms. The molecule has 54 valence electrons. The lowest BCUT2D eigenvalue weighted by Gasteiger charge is -2.09. The van der Waals surface area contributed by atoms with Crippen molar-refractivity contribution in [2.75, 3.05) is 0 Å². The van der Waals surface area contributed by atoms with Crippen LogP contribution in [0.3, 0.4) is 0 Å². The first kappa shape index (κ1) is 9.28. The third-order valence-electron chi connectivity index (χ3n) is 0.981. The zero-order valence-electron chi connectivity index (χ0n) is 4.78. The summed E-state index contributed by atoms with van der Waals surface area (Å²) in [6, 6.07) is 0. The average Bonchev–Trinajstić information content (AvgIpc) is 1.90. The molecule has 0 radical (unpaired) electrons. The van der Waals surface area contributed by atoms with Crippen LogP contribution in [-0.4, -0.2) is 29.4 Å². The molecule has 0 aliphatic carbocycles. The van der Waals surface area contributed by atoms with Gasteiger partial charge in [-0.25, -0.2) is 0 Å². The Hall–Kier alpha value is -0.718. The van der Waals surface area contributed by atoms with E-state index < -0.39 is 12.0 Å². The summed E-state index contributed by atoms with van der Waals surface area (Å²) < 4.78 is 4.80. The Kier molecular flexibility index (Phi) is 3.86. The van der Waals surface area contributed by atoms with E-state index in [1.807, 2.05) is 0 Å². The van der Waals surface area contributed by atoms with E-state index in [2.05, 4.69) is 0 Å². The van der Waals surface area contributed by atoms with Gasteiger partial charge in [-0.3, -0.25) is 4.79 Å². The monoisotopic (exact) mass is 155 g/mol. The van der Waals surface area contributed by atoms with Crippen LogP contribution in [0.1, 0.15) is 0 Å². The molecule has 1 aliphatic heterocycles. The lowest BCUT2D eigenvalue weighted by molar-refractivity contribution is -0.124. The van der Waals surface area contributed by atoms with Crippen molar-refractivity contribution >= 4 is 23.3 Å². The van der Waals surface area contributed by atoms with Crippen LogP contribution in [0, 0.1) is 0 Å². The molecule has 0 aromatic rings. The van der Waals surface area contributed by atoms with Gasteiger partial charge in [0.2, 0.25) is 0 Å². The maximum Gasteiger partial charge on any atom is 0.262 e. The Bertz CT molecular complexity index is 177. The Morgan fingerprint density at radius 2 is 2.20 bits per heavy atom. The number of primary amides is 1. The van der Waals surface area contributed by atoms with Crippen LogP contribution in [0.2, 0.25) is 0 Å². The van der Waals surface area contributed by atoms with Crippen LogP contribution in [0.5, 0.6) is 0 Å². The lowest BCUT2D eigenvalue weighted by Crippen LogP contribution is -2.28. The van der Waals surface area contributed by atoms with Crippen LogP contribution in [0.4, 0.5) is 0 Å². The molecule has 4 heteroatoms. The maximum atomic E-state index is 10.4. The molecule has 0 aromatic carbocycles. The lowest BCUT2D eigenvalue weighted by atomic mass is 10.3. The second-order valence-corrected chi connectivity index (χ2v) is 1.67. The first-order valence-corrected chi connectivity index (χ1v) is 2.59. The van der Waals surface area contributed by atoms with E-state index in [-0.39, 0.29) is 17.4 Å². The van der Waals surface area contributed by atoms with Gasteiger partial charge in [-0.1, -0.05) is 6.08 Å². The molecular formula is C6H10AlNO2. The molecule has 2 N–H and O–H groups in total. The van der Waals surface area contributed by atoms with E-state index in [1.54, 1.807) is 18.2 Å². The third-order valence-corrected chi connectivity index (χ3v) is 0.981. The molecule has 1 unspecified atom stereocenters. The minimum atomic E-state index is -0.574. The van der Waals surface area contributed by atoms with Gasteiger partial charge in [-0.15, -0.1) is 0 Å². The van der Waals surface area contributed by atoms with E-state index in [0.717, 1.165) is 0 Å².